The molecule has 0 saturated carbocycles. The van der Waals surface area contributed by atoms with Crippen molar-refractivity contribution in [2.24, 2.45) is 5.92 Å². The summed E-state index contributed by atoms with van der Waals surface area (Å²) in [6.45, 7) is 2.18. The summed E-state index contributed by atoms with van der Waals surface area (Å²) in [5.41, 5.74) is -0.105. The fourth-order valence-corrected chi connectivity index (χ4v) is 3.94. The zero-order valence-corrected chi connectivity index (χ0v) is 16.6. The molecule has 3 rings (SSSR count). The normalized spacial score (nSPS) is 20.3. The van der Waals surface area contributed by atoms with E-state index in [0.29, 0.717) is 13.0 Å². The van der Waals surface area contributed by atoms with Crippen LogP contribution in [0.15, 0.2) is 24.5 Å². The Balaban J connectivity index is 1.71. The third-order valence-corrected chi connectivity index (χ3v) is 6.05. The molecule has 154 valence electrons. The van der Waals surface area contributed by atoms with Crippen molar-refractivity contribution in [3.05, 3.63) is 41.2 Å². The highest BCUT2D eigenvalue weighted by Crippen LogP contribution is 2.26. The van der Waals surface area contributed by atoms with E-state index in [-0.39, 0.29) is 41.3 Å². The number of rotatable bonds is 7. The van der Waals surface area contributed by atoms with E-state index in [2.05, 4.69) is 9.82 Å². The van der Waals surface area contributed by atoms with Gasteiger partial charge in [0.1, 0.15) is 5.69 Å². The first kappa shape index (κ1) is 21.0. The molecular weight excluding hydrogens is 416 g/mol. The number of hydrogen-bond donors (Lipinski definition) is 1. The van der Waals surface area contributed by atoms with Gasteiger partial charge in [-0.05, 0) is 13.3 Å². The number of nitrogens with one attached hydrogen (secondary N) is 1. The SMILES string of the molecule is CCS(=O)(=O)NC1CCOCC1COc1cc(F)c(-n2cc(Cl)cn2)cc1F. The van der Waals surface area contributed by atoms with Crippen LogP contribution < -0.4 is 9.46 Å². The molecule has 0 amide bonds. The first-order valence-corrected chi connectivity index (χ1v) is 10.7. The van der Waals surface area contributed by atoms with Crippen molar-refractivity contribution in [2.45, 2.75) is 19.4 Å². The first-order valence-electron chi connectivity index (χ1n) is 8.69. The summed E-state index contributed by atoms with van der Waals surface area (Å²) >= 11 is 5.75. The Kier molecular flexibility index (Phi) is 6.54. The average Bonchev–Trinajstić information content (AvgIpc) is 3.09. The zero-order valence-electron chi connectivity index (χ0n) is 15.1. The maximum Gasteiger partial charge on any atom is 0.211 e. The van der Waals surface area contributed by atoms with E-state index in [4.69, 9.17) is 21.1 Å². The predicted molar refractivity (Wildman–Crippen MR) is 99.3 cm³/mol. The van der Waals surface area contributed by atoms with E-state index >= 15 is 0 Å². The Morgan fingerprint density at radius 2 is 2.18 bits per heavy atom. The topological polar surface area (TPSA) is 82.5 Å². The number of nitrogens with zero attached hydrogens (tertiary/aromatic N) is 2. The Morgan fingerprint density at radius 3 is 2.86 bits per heavy atom. The fourth-order valence-electron chi connectivity index (χ4n) is 2.86. The minimum Gasteiger partial charge on any atom is -0.490 e. The number of halogens is 3. The Bertz CT molecular complexity index is 938. The lowest BCUT2D eigenvalue weighted by Gasteiger charge is -2.31. The number of aromatic nitrogens is 2. The zero-order chi connectivity index (χ0) is 20.3. The molecule has 2 aromatic rings. The molecule has 2 heterocycles. The van der Waals surface area contributed by atoms with Gasteiger partial charge in [0.05, 0.1) is 30.2 Å². The number of sulfonamides is 1. The number of hydrogen-bond acceptors (Lipinski definition) is 5. The second-order valence-corrected chi connectivity index (χ2v) is 8.88. The van der Waals surface area contributed by atoms with E-state index < -0.39 is 27.7 Å². The van der Waals surface area contributed by atoms with Crippen LogP contribution in [-0.2, 0) is 14.8 Å². The van der Waals surface area contributed by atoms with Crippen molar-refractivity contribution in [3.8, 4) is 11.4 Å². The van der Waals surface area contributed by atoms with Crippen LogP contribution in [0, 0.1) is 17.6 Å². The summed E-state index contributed by atoms with van der Waals surface area (Å²) in [4.78, 5) is 0. The summed E-state index contributed by atoms with van der Waals surface area (Å²) in [6.07, 6.45) is 3.14. The van der Waals surface area contributed by atoms with Crippen LogP contribution in [0.5, 0.6) is 5.75 Å². The van der Waals surface area contributed by atoms with Gasteiger partial charge in [-0.15, -0.1) is 0 Å². The predicted octanol–water partition coefficient (Wildman–Crippen LogP) is 2.53. The van der Waals surface area contributed by atoms with Crippen molar-refractivity contribution in [2.75, 3.05) is 25.6 Å². The highest BCUT2D eigenvalue weighted by molar-refractivity contribution is 7.89. The molecular formula is C17H20ClF2N3O4S. The lowest BCUT2D eigenvalue weighted by Crippen LogP contribution is -2.48. The summed E-state index contributed by atoms with van der Waals surface area (Å²) in [6, 6.07) is 1.50. The van der Waals surface area contributed by atoms with Crippen molar-refractivity contribution < 1.29 is 26.7 Å². The van der Waals surface area contributed by atoms with Crippen LogP contribution in [0.2, 0.25) is 5.02 Å². The van der Waals surface area contributed by atoms with Gasteiger partial charge in [0.25, 0.3) is 0 Å². The van der Waals surface area contributed by atoms with Gasteiger partial charge < -0.3 is 9.47 Å². The van der Waals surface area contributed by atoms with Gasteiger partial charge in [-0.1, -0.05) is 11.6 Å². The second-order valence-electron chi connectivity index (χ2n) is 6.40. The van der Waals surface area contributed by atoms with Crippen molar-refractivity contribution in [3.63, 3.8) is 0 Å². The highest BCUT2D eigenvalue weighted by atomic mass is 35.5. The van der Waals surface area contributed by atoms with Crippen LogP contribution in [-0.4, -0.2) is 49.8 Å². The maximum absolute atomic E-state index is 14.4. The molecule has 2 atom stereocenters. The second kappa shape index (κ2) is 8.73. The van der Waals surface area contributed by atoms with Gasteiger partial charge in [0.2, 0.25) is 10.0 Å². The van der Waals surface area contributed by atoms with Gasteiger partial charge in [-0.3, -0.25) is 0 Å². The maximum atomic E-state index is 14.4. The van der Waals surface area contributed by atoms with Gasteiger partial charge in [0, 0.05) is 36.9 Å². The molecule has 2 unspecified atom stereocenters. The van der Waals surface area contributed by atoms with Crippen molar-refractivity contribution in [1.29, 1.82) is 0 Å². The standard InChI is InChI=1S/C17H20ClF2N3O4S/c1-2-28(24,25)22-15-3-4-26-9-11(15)10-27-17-6-13(19)16(5-14(17)20)23-8-12(18)7-21-23/h5-8,11,15,22H,2-4,9-10H2,1H3. The molecule has 1 saturated heterocycles. The van der Waals surface area contributed by atoms with E-state index in [1.54, 1.807) is 6.92 Å². The molecule has 1 N–H and O–H groups in total. The number of benzene rings is 1. The summed E-state index contributed by atoms with van der Waals surface area (Å²) in [7, 11) is -3.40. The lowest BCUT2D eigenvalue weighted by atomic mass is 9.98. The van der Waals surface area contributed by atoms with Gasteiger partial charge in [-0.25, -0.2) is 26.6 Å². The smallest absolute Gasteiger partial charge is 0.211 e. The highest BCUT2D eigenvalue weighted by Gasteiger charge is 2.30. The molecule has 1 aromatic carbocycles. The van der Waals surface area contributed by atoms with Gasteiger partial charge in [0.15, 0.2) is 17.4 Å². The largest absolute Gasteiger partial charge is 0.490 e. The lowest BCUT2D eigenvalue weighted by molar-refractivity contribution is 0.0180. The summed E-state index contributed by atoms with van der Waals surface area (Å²) in [5.74, 6) is -2.16. The molecule has 1 aliphatic rings. The van der Waals surface area contributed by atoms with E-state index in [0.717, 1.165) is 16.8 Å². The summed E-state index contributed by atoms with van der Waals surface area (Å²) in [5, 5.41) is 4.13. The molecule has 0 bridgehead atoms. The quantitative estimate of drug-likeness (QED) is 0.722. The molecule has 0 radical (unpaired) electrons. The van der Waals surface area contributed by atoms with Crippen molar-refractivity contribution >= 4 is 21.6 Å². The minimum absolute atomic E-state index is 0.0276. The van der Waals surface area contributed by atoms with E-state index in [1.165, 1.54) is 12.4 Å². The molecule has 1 aliphatic heterocycles. The van der Waals surface area contributed by atoms with Crippen LogP contribution in [0.4, 0.5) is 8.78 Å². The van der Waals surface area contributed by atoms with Crippen LogP contribution >= 0.6 is 11.6 Å². The van der Waals surface area contributed by atoms with E-state index in [9.17, 15) is 17.2 Å². The fraction of sp³-hybridized carbons (Fsp3) is 0.471. The molecule has 7 nitrogen and oxygen atoms in total. The number of ether oxygens (including phenoxy) is 2. The van der Waals surface area contributed by atoms with Gasteiger partial charge >= 0.3 is 0 Å². The first-order chi connectivity index (χ1) is 13.3. The Morgan fingerprint density at radius 1 is 1.39 bits per heavy atom. The average molecular weight is 436 g/mol. The van der Waals surface area contributed by atoms with E-state index in [1.807, 2.05) is 0 Å². The molecule has 0 spiro atoms. The van der Waals surface area contributed by atoms with Crippen LogP contribution in [0.1, 0.15) is 13.3 Å². The Labute approximate surface area is 166 Å². The molecule has 0 aliphatic carbocycles. The molecule has 11 heteroatoms. The Hall–Kier alpha value is -1.75. The molecule has 1 fully saturated rings. The monoisotopic (exact) mass is 435 g/mol. The molecule has 28 heavy (non-hydrogen) atoms. The third kappa shape index (κ3) is 4.99. The van der Waals surface area contributed by atoms with Crippen molar-refractivity contribution in [1.82, 2.24) is 14.5 Å². The minimum atomic E-state index is -3.40. The third-order valence-electron chi connectivity index (χ3n) is 4.44. The summed E-state index contributed by atoms with van der Waals surface area (Å²) < 4.78 is 67.0. The van der Waals surface area contributed by atoms with Crippen LogP contribution in [0.25, 0.3) is 5.69 Å². The molecule has 1 aromatic heterocycles. The van der Waals surface area contributed by atoms with Gasteiger partial charge in [-0.2, -0.15) is 5.10 Å². The van der Waals surface area contributed by atoms with Crippen LogP contribution in [0.3, 0.4) is 0 Å².